The maximum Gasteiger partial charge on any atom is 0.415 e. The van der Waals surface area contributed by atoms with Crippen molar-refractivity contribution >= 4 is 47.6 Å². The minimum atomic E-state index is -1.00. The van der Waals surface area contributed by atoms with Gasteiger partial charge in [-0.15, -0.1) is 10.2 Å². The van der Waals surface area contributed by atoms with Crippen molar-refractivity contribution in [2.75, 3.05) is 26.2 Å². The summed E-state index contributed by atoms with van der Waals surface area (Å²) < 4.78 is 8.32. The van der Waals surface area contributed by atoms with Crippen LogP contribution in [0, 0.1) is 6.92 Å². The van der Waals surface area contributed by atoms with E-state index in [-0.39, 0.29) is 36.1 Å². The van der Waals surface area contributed by atoms with Crippen molar-refractivity contribution in [3.8, 4) is 5.75 Å². The fourth-order valence-electron chi connectivity index (χ4n) is 5.65. The summed E-state index contributed by atoms with van der Waals surface area (Å²) in [7, 11) is 0. The molecule has 288 valence electrons. The molecule has 3 N–H and O–H groups in total. The van der Waals surface area contributed by atoms with Gasteiger partial charge in [0.25, 0.3) is 0 Å². The third kappa shape index (κ3) is 12.4. The number of ether oxygens (including phenoxy) is 1. The van der Waals surface area contributed by atoms with Crippen LogP contribution in [0.15, 0.2) is 52.9 Å². The molecule has 5 heterocycles. The molecule has 1 aromatic carbocycles. The number of nitrogens with zero attached hydrogens (tertiary/aromatic N) is 11. The Balaban J connectivity index is 0.000000249. The van der Waals surface area contributed by atoms with Gasteiger partial charge in [0.2, 0.25) is 10.3 Å². The number of tetrazole rings is 2. The predicted octanol–water partition coefficient (Wildman–Crippen LogP) is 3.38. The molecule has 2 amide bonds. The highest BCUT2D eigenvalue weighted by Gasteiger charge is 2.27. The Kier molecular flexibility index (Phi) is 14.5. The smallest absolute Gasteiger partial charge is 0.415 e. The zero-order valence-electron chi connectivity index (χ0n) is 29.5. The lowest BCUT2D eigenvalue weighted by atomic mass is 10.1. The SMILES string of the molecule is Cc1ccnc(CCc2ccc(OC(=O)N3CCC(Sc4nnnn4CCC(=O)O)CC3)cc2)c1.O=C(O)Cn1nnnc1SC1CCN(C(=O)O)CC1. The number of pyridine rings is 1. The molecule has 3 aromatic heterocycles. The highest BCUT2D eigenvalue weighted by Crippen LogP contribution is 2.30. The first kappa shape index (κ1) is 39.9. The van der Waals surface area contributed by atoms with Gasteiger partial charge in [0.05, 0.1) is 13.0 Å². The maximum absolute atomic E-state index is 12.6. The molecule has 0 unspecified atom stereocenters. The average molecular weight is 784 g/mol. The van der Waals surface area contributed by atoms with Crippen LogP contribution in [0.25, 0.3) is 0 Å². The van der Waals surface area contributed by atoms with Gasteiger partial charge >= 0.3 is 24.1 Å². The largest absolute Gasteiger partial charge is 0.481 e. The summed E-state index contributed by atoms with van der Waals surface area (Å²) in [6.07, 6.45) is 5.24. The van der Waals surface area contributed by atoms with Crippen LogP contribution < -0.4 is 4.74 Å². The Bertz CT molecular complexity index is 1860. The Morgan fingerprint density at radius 3 is 1.94 bits per heavy atom. The van der Waals surface area contributed by atoms with E-state index in [4.69, 9.17) is 20.1 Å². The molecular formula is C33H41N11O8S2. The molecule has 0 radical (unpaired) electrons. The fraction of sp³-hybridized carbons (Fsp3) is 0.485. The summed E-state index contributed by atoms with van der Waals surface area (Å²) in [6.45, 7) is 4.14. The second-order valence-corrected chi connectivity index (χ2v) is 15.1. The number of hydrogen-bond acceptors (Lipinski definition) is 14. The number of rotatable bonds is 13. The van der Waals surface area contributed by atoms with E-state index in [1.54, 1.807) is 4.90 Å². The molecule has 0 spiro atoms. The van der Waals surface area contributed by atoms with E-state index < -0.39 is 18.0 Å². The van der Waals surface area contributed by atoms with E-state index >= 15 is 0 Å². The molecule has 0 aliphatic carbocycles. The van der Waals surface area contributed by atoms with Crippen molar-refractivity contribution in [2.45, 2.75) is 85.8 Å². The predicted molar refractivity (Wildman–Crippen MR) is 193 cm³/mol. The van der Waals surface area contributed by atoms with E-state index in [1.165, 1.54) is 43.4 Å². The number of aromatic nitrogens is 9. The van der Waals surface area contributed by atoms with E-state index in [0.29, 0.717) is 55.1 Å². The van der Waals surface area contributed by atoms with Crippen molar-refractivity contribution in [3.05, 3.63) is 59.4 Å². The van der Waals surface area contributed by atoms with Crippen LogP contribution in [-0.4, -0.2) is 131 Å². The number of likely N-dealkylation sites (tertiary alicyclic amines) is 2. The second kappa shape index (κ2) is 19.7. The molecule has 2 aliphatic heterocycles. The molecule has 54 heavy (non-hydrogen) atoms. The van der Waals surface area contributed by atoms with Crippen LogP contribution in [0.1, 0.15) is 48.9 Å². The summed E-state index contributed by atoms with van der Waals surface area (Å²) in [5.74, 6) is -1.37. The number of carbonyl (C=O) groups excluding carboxylic acids is 1. The maximum atomic E-state index is 12.6. The van der Waals surface area contributed by atoms with Crippen LogP contribution in [0.5, 0.6) is 5.75 Å². The monoisotopic (exact) mass is 783 g/mol. The molecule has 21 heteroatoms. The first-order valence-corrected chi connectivity index (χ1v) is 19.0. The van der Waals surface area contributed by atoms with Crippen LogP contribution in [0.2, 0.25) is 0 Å². The van der Waals surface area contributed by atoms with Crippen molar-refractivity contribution in [1.82, 2.24) is 55.2 Å². The lowest BCUT2D eigenvalue weighted by Gasteiger charge is -2.30. The lowest BCUT2D eigenvalue weighted by Crippen LogP contribution is -2.41. The number of piperidine rings is 2. The van der Waals surface area contributed by atoms with E-state index in [9.17, 15) is 19.2 Å². The van der Waals surface area contributed by atoms with Gasteiger partial charge in [-0.2, -0.15) is 0 Å². The van der Waals surface area contributed by atoms with Gasteiger partial charge in [-0.05, 0) is 102 Å². The molecule has 6 rings (SSSR count). The van der Waals surface area contributed by atoms with Gasteiger partial charge in [0.15, 0.2) is 0 Å². The van der Waals surface area contributed by atoms with Crippen LogP contribution in [0.4, 0.5) is 9.59 Å². The van der Waals surface area contributed by atoms with Gasteiger partial charge in [0, 0.05) is 48.6 Å². The van der Waals surface area contributed by atoms with Gasteiger partial charge in [0.1, 0.15) is 12.3 Å². The number of hydrogen-bond donors (Lipinski definition) is 3. The van der Waals surface area contributed by atoms with Crippen molar-refractivity contribution in [2.24, 2.45) is 0 Å². The Morgan fingerprint density at radius 2 is 1.37 bits per heavy atom. The number of carboxylic acids is 2. The molecule has 4 aromatic rings. The average Bonchev–Trinajstić information content (AvgIpc) is 3.79. The minimum Gasteiger partial charge on any atom is -0.481 e. The van der Waals surface area contributed by atoms with Crippen LogP contribution in [0.3, 0.4) is 0 Å². The molecule has 2 saturated heterocycles. The second-order valence-electron chi connectivity index (χ2n) is 12.6. The van der Waals surface area contributed by atoms with Gasteiger partial charge in [-0.25, -0.2) is 19.0 Å². The third-order valence-corrected chi connectivity index (χ3v) is 11.2. The van der Waals surface area contributed by atoms with Crippen LogP contribution >= 0.6 is 23.5 Å². The van der Waals surface area contributed by atoms with Crippen molar-refractivity contribution in [1.29, 1.82) is 0 Å². The number of thioether (sulfide) groups is 2. The molecule has 2 aliphatic rings. The number of carboxylic acid groups (broad SMARTS) is 3. The number of benzene rings is 1. The zero-order chi connectivity index (χ0) is 38.5. The van der Waals surface area contributed by atoms with Crippen LogP contribution in [-0.2, 0) is 35.5 Å². The summed E-state index contributed by atoms with van der Waals surface area (Å²) in [4.78, 5) is 52.3. The first-order valence-electron chi connectivity index (χ1n) is 17.3. The highest BCUT2D eigenvalue weighted by molar-refractivity contribution is 8.00. The molecule has 2 fully saturated rings. The number of aliphatic carboxylic acids is 2. The lowest BCUT2D eigenvalue weighted by molar-refractivity contribution is -0.138. The zero-order valence-corrected chi connectivity index (χ0v) is 31.1. The summed E-state index contributed by atoms with van der Waals surface area (Å²) in [6, 6.07) is 11.7. The normalized spacial score (nSPS) is 15.0. The summed E-state index contributed by atoms with van der Waals surface area (Å²) >= 11 is 2.92. The molecule has 19 nitrogen and oxygen atoms in total. The van der Waals surface area contributed by atoms with E-state index in [0.717, 1.165) is 36.9 Å². The quantitative estimate of drug-likeness (QED) is 0.176. The molecule has 0 saturated carbocycles. The number of aryl methyl sites for hydroxylation is 4. The molecule has 0 atom stereocenters. The third-order valence-electron chi connectivity index (χ3n) is 8.55. The summed E-state index contributed by atoms with van der Waals surface area (Å²) in [5, 5.41) is 50.3. The minimum absolute atomic E-state index is 0.0339. The highest BCUT2D eigenvalue weighted by atomic mass is 32.2. The van der Waals surface area contributed by atoms with Crippen molar-refractivity contribution in [3.63, 3.8) is 0 Å². The number of amides is 2. The standard InChI is InChI=1S/C24H28N6O4S.C9H13N5O4S/c1-17-8-12-25-19(16-17)5-2-18-3-6-20(7-4-18)34-24(33)29-13-9-21(10-14-29)35-23-26-27-28-30(23)15-11-22(31)32;15-7(16)5-14-8(10-11-12-14)19-6-1-3-13(4-2-6)9(17)18/h3-4,6-8,12,16,21H,2,5,9-11,13-15H2,1H3,(H,31,32);6H,1-5H2,(H,15,16)(H,17,18). The first-order chi connectivity index (χ1) is 26.0. The molecule has 0 bridgehead atoms. The van der Waals surface area contributed by atoms with Gasteiger partial charge in [-0.3, -0.25) is 14.6 Å². The van der Waals surface area contributed by atoms with Gasteiger partial charge < -0.3 is 29.9 Å². The Labute approximate surface area is 318 Å². The summed E-state index contributed by atoms with van der Waals surface area (Å²) in [5.41, 5.74) is 3.44. The van der Waals surface area contributed by atoms with E-state index in [1.807, 2.05) is 36.5 Å². The number of carbonyl (C=O) groups is 4. The van der Waals surface area contributed by atoms with E-state index in [2.05, 4.69) is 49.0 Å². The Hall–Kier alpha value is -5.31. The fourth-order valence-corrected chi connectivity index (χ4v) is 7.78. The Morgan fingerprint density at radius 1 is 0.778 bits per heavy atom. The van der Waals surface area contributed by atoms with Crippen molar-refractivity contribution < 1.29 is 39.2 Å². The topological polar surface area (TPSA) is 245 Å². The van der Waals surface area contributed by atoms with Gasteiger partial charge in [-0.1, -0.05) is 35.7 Å². The molecular weight excluding hydrogens is 743 g/mol.